The molecule has 0 aromatic heterocycles. The summed E-state index contributed by atoms with van der Waals surface area (Å²) in [6, 6.07) is 18.0. The van der Waals surface area contributed by atoms with Gasteiger partial charge in [0.1, 0.15) is 0 Å². The fraction of sp³-hybridized carbons (Fsp3) is 0.409. The summed E-state index contributed by atoms with van der Waals surface area (Å²) in [6.07, 6.45) is 4.87. The van der Waals surface area contributed by atoms with Gasteiger partial charge in [-0.25, -0.2) is 0 Å². The molecule has 0 spiro atoms. The number of aliphatic hydroxyl groups is 2. The number of hydrogen-bond donors (Lipinski definition) is 2. The highest BCUT2D eigenvalue weighted by Gasteiger charge is 2.07. The van der Waals surface area contributed by atoms with Crippen molar-refractivity contribution in [1.82, 2.24) is 0 Å². The first-order valence-corrected chi connectivity index (χ1v) is 9.14. The summed E-state index contributed by atoms with van der Waals surface area (Å²) in [7, 11) is 0. The lowest BCUT2D eigenvalue weighted by molar-refractivity contribution is 0.0979. The first kappa shape index (κ1) is 19.4. The molecule has 2 rings (SSSR count). The van der Waals surface area contributed by atoms with E-state index in [2.05, 4.69) is 12.1 Å². The Hall–Kier alpha value is -1.97. The number of hydrogen-bond acceptors (Lipinski definition) is 3. The van der Waals surface area contributed by atoms with Gasteiger partial charge in [-0.15, -0.1) is 0 Å². The van der Waals surface area contributed by atoms with Crippen LogP contribution in [-0.2, 0) is 12.8 Å². The lowest BCUT2D eigenvalue weighted by atomic mass is 9.99. The van der Waals surface area contributed by atoms with Gasteiger partial charge in [0.05, 0.1) is 6.10 Å². The Kier molecular flexibility index (Phi) is 8.36. The van der Waals surface area contributed by atoms with E-state index in [1.807, 2.05) is 42.5 Å². The molecule has 0 amide bonds. The van der Waals surface area contributed by atoms with E-state index in [-0.39, 0.29) is 12.4 Å². The van der Waals surface area contributed by atoms with Crippen LogP contribution in [0.4, 0.5) is 0 Å². The van der Waals surface area contributed by atoms with Gasteiger partial charge >= 0.3 is 0 Å². The van der Waals surface area contributed by atoms with Crippen molar-refractivity contribution in [2.75, 3.05) is 6.61 Å². The first-order chi connectivity index (χ1) is 12.2. The van der Waals surface area contributed by atoms with Gasteiger partial charge < -0.3 is 10.2 Å². The number of ketones is 1. The van der Waals surface area contributed by atoms with Crippen molar-refractivity contribution < 1.29 is 15.0 Å². The fourth-order valence-electron chi connectivity index (χ4n) is 2.89. The van der Waals surface area contributed by atoms with Crippen LogP contribution in [0, 0.1) is 0 Å². The number of rotatable bonds is 11. The van der Waals surface area contributed by atoms with Crippen LogP contribution in [0.2, 0.25) is 0 Å². The van der Waals surface area contributed by atoms with Crippen molar-refractivity contribution >= 4 is 5.78 Å². The lowest BCUT2D eigenvalue weighted by Crippen LogP contribution is -2.09. The minimum Gasteiger partial charge on any atom is -0.396 e. The molecule has 0 aliphatic carbocycles. The Balaban J connectivity index is 1.70. The normalized spacial score (nSPS) is 12.1. The van der Waals surface area contributed by atoms with Crippen molar-refractivity contribution in [2.24, 2.45) is 0 Å². The van der Waals surface area contributed by atoms with E-state index in [0.717, 1.165) is 36.8 Å². The second-order valence-electron chi connectivity index (χ2n) is 6.52. The third-order valence-corrected chi connectivity index (χ3v) is 4.47. The van der Waals surface area contributed by atoms with E-state index in [9.17, 15) is 9.90 Å². The molecule has 1 atom stereocenters. The number of aliphatic hydroxyl groups excluding tert-OH is 2. The molecule has 0 saturated carbocycles. The summed E-state index contributed by atoms with van der Waals surface area (Å²) in [6.45, 7) is 0.0128. The second kappa shape index (κ2) is 10.8. The van der Waals surface area contributed by atoms with Gasteiger partial charge in [-0.05, 0) is 49.7 Å². The number of unbranched alkanes of at least 4 members (excludes halogenated alkanes) is 1. The molecule has 0 bridgehead atoms. The van der Waals surface area contributed by atoms with Gasteiger partial charge in [-0.2, -0.15) is 0 Å². The molecule has 0 saturated heterocycles. The standard InChI is InChI=1S/C22H28O3/c23-17-16-21(24)15-12-19-10-13-20(14-11-19)22(25)9-5-4-8-18-6-2-1-3-7-18/h1-3,6-7,10-11,13-14,21,23-24H,4-5,8-9,12,15-17H2. The Morgan fingerprint density at radius 2 is 1.52 bits per heavy atom. The van der Waals surface area contributed by atoms with Gasteiger partial charge in [-0.3, -0.25) is 4.79 Å². The molecule has 3 nitrogen and oxygen atoms in total. The molecule has 0 radical (unpaired) electrons. The lowest BCUT2D eigenvalue weighted by Gasteiger charge is -2.09. The van der Waals surface area contributed by atoms with E-state index in [0.29, 0.717) is 19.3 Å². The molecule has 1 unspecified atom stereocenters. The molecule has 3 heteroatoms. The van der Waals surface area contributed by atoms with Crippen molar-refractivity contribution in [1.29, 1.82) is 0 Å². The molecule has 0 fully saturated rings. The van der Waals surface area contributed by atoms with Crippen LogP contribution in [0.1, 0.15) is 53.6 Å². The molecule has 134 valence electrons. The summed E-state index contributed by atoms with van der Waals surface area (Å²) in [5.41, 5.74) is 3.19. The summed E-state index contributed by atoms with van der Waals surface area (Å²) in [5.74, 6) is 0.194. The highest BCUT2D eigenvalue weighted by atomic mass is 16.3. The Bertz CT molecular complexity index is 619. The number of Topliss-reactive ketones (excluding diaryl/α,β-unsaturated/α-hetero) is 1. The molecule has 2 aromatic carbocycles. The molecule has 2 N–H and O–H groups in total. The predicted octanol–water partition coefficient (Wildman–Crippen LogP) is 3.96. The predicted molar refractivity (Wildman–Crippen MR) is 101 cm³/mol. The van der Waals surface area contributed by atoms with Gasteiger partial charge in [0.2, 0.25) is 0 Å². The maximum atomic E-state index is 12.3. The Labute approximate surface area is 150 Å². The summed E-state index contributed by atoms with van der Waals surface area (Å²) in [5, 5.41) is 18.4. The number of aryl methyl sites for hydroxylation is 2. The van der Waals surface area contributed by atoms with Gasteiger partial charge in [-0.1, -0.05) is 54.6 Å². The largest absolute Gasteiger partial charge is 0.396 e. The number of carbonyl (C=O) groups is 1. The highest BCUT2D eigenvalue weighted by molar-refractivity contribution is 5.96. The van der Waals surface area contributed by atoms with Crippen LogP contribution >= 0.6 is 0 Å². The van der Waals surface area contributed by atoms with E-state index in [1.165, 1.54) is 5.56 Å². The average molecular weight is 340 g/mol. The van der Waals surface area contributed by atoms with Crippen molar-refractivity contribution in [3.63, 3.8) is 0 Å². The topological polar surface area (TPSA) is 57.5 Å². The van der Waals surface area contributed by atoms with E-state index in [4.69, 9.17) is 5.11 Å². The number of benzene rings is 2. The molecule has 25 heavy (non-hydrogen) atoms. The van der Waals surface area contributed by atoms with Crippen LogP contribution in [0.3, 0.4) is 0 Å². The first-order valence-electron chi connectivity index (χ1n) is 9.14. The minimum absolute atomic E-state index is 0.0128. The summed E-state index contributed by atoms with van der Waals surface area (Å²) >= 11 is 0. The average Bonchev–Trinajstić information content (AvgIpc) is 2.65. The maximum Gasteiger partial charge on any atom is 0.162 e. The maximum absolute atomic E-state index is 12.3. The van der Waals surface area contributed by atoms with Crippen LogP contribution in [-0.4, -0.2) is 28.7 Å². The smallest absolute Gasteiger partial charge is 0.162 e. The molecular weight excluding hydrogens is 312 g/mol. The second-order valence-corrected chi connectivity index (χ2v) is 6.52. The Morgan fingerprint density at radius 1 is 0.840 bits per heavy atom. The number of carbonyl (C=O) groups excluding carboxylic acids is 1. The van der Waals surface area contributed by atoms with Gasteiger partial charge in [0, 0.05) is 18.6 Å². The van der Waals surface area contributed by atoms with Crippen LogP contribution in [0.5, 0.6) is 0 Å². The van der Waals surface area contributed by atoms with E-state index in [1.54, 1.807) is 0 Å². The van der Waals surface area contributed by atoms with Gasteiger partial charge in [0.25, 0.3) is 0 Å². The monoisotopic (exact) mass is 340 g/mol. The van der Waals surface area contributed by atoms with Crippen LogP contribution in [0.25, 0.3) is 0 Å². The van der Waals surface area contributed by atoms with Gasteiger partial charge in [0.15, 0.2) is 5.78 Å². The van der Waals surface area contributed by atoms with E-state index >= 15 is 0 Å². The SMILES string of the molecule is O=C(CCCCc1ccccc1)c1ccc(CCC(O)CCO)cc1. The zero-order valence-corrected chi connectivity index (χ0v) is 14.7. The molecule has 0 heterocycles. The quantitative estimate of drug-likeness (QED) is 0.481. The Morgan fingerprint density at radius 3 is 2.20 bits per heavy atom. The third kappa shape index (κ3) is 7.20. The van der Waals surface area contributed by atoms with Crippen LogP contribution in [0.15, 0.2) is 54.6 Å². The zero-order valence-electron chi connectivity index (χ0n) is 14.7. The van der Waals surface area contributed by atoms with Crippen LogP contribution < -0.4 is 0 Å². The highest BCUT2D eigenvalue weighted by Crippen LogP contribution is 2.13. The molecule has 2 aromatic rings. The molecule has 0 aliphatic rings. The third-order valence-electron chi connectivity index (χ3n) is 4.47. The molecular formula is C22H28O3. The molecule has 0 aliphatic heterocycles. The zero-order chi connectivity index (χ0) is 17.9. The summed E-state index contributed by atoms with van der Waals surface area (Å²) < 4.78 is 0. The minimum atomic E-state index is -0.462. The van der Waals surface area contributed by atoms with Crippen molar-refractivity contribution in [3.05, 3.63) is 71.3 Å². The fourth-order valence-corrected chi connectivity index (χ4v) is 2.89. The van der Waals surface area contributed by atoms with Crippen molar-refractivity contribution in [3.8, 4) is 0 Å². The summed E-state index contributed by atoms with van der Waals surface area (Å²) in [4.78, 5) is 12.3. The van der Waals surface area contributed by atoms with E-state index < -0.39 is 6.10 Å². The van der Waals surface area contributed by atoms with Crippen molar-refractivity contribution in [2.45, 2.75) is 51.0 Å².